The van der Waals surface area contributed by atoms with Crippen LogP contribution in [0.2, 0.25) is 0 Å². The van der Waals surface area contributed by atoms with Crippen LogP contribution in [0.5, 0.6) is 0 Å². The Hall–Kier alpha value is -1.51. The van der Waals surface area contributed by atoms with Gasteiger partial charge in [-0.1, -0.05) is 0 Å². The molecule has 1 fully saturated rings. The van der Waals surface area contributed by atoms with E-state index in [9.17, 15) is 18.0 Å². The zero-order chi connectivity index (χ0) is 16.6. The van der Waals surface area contributed by atoms with Crippen molar-refractivity contribution in [2.45, 2.75) is 32.5 Å². The molecule has 1 aliphatic heterocycles. The number of carbonyl (C=O) groups is 1. The highest BCUT2D eigenvalue weighted by Gasteiger charge is 2.34. The largest absolute Gasteiger partial charge is 0.401 e. The zero-order valence-electron chi connectivity index (χ0n) is 13.0. The number of likely N-dealkylation sites (tertiary alicyclic amines) is 1. The summed E-state index contributed by atoms with van der Waals surface area (Å²) in [6, 6.07) is -0.0547. The molecule has 0 radical (unpaired) electrons. The molecule has 0 aromatic heterocycles. The summed E-state index contributed by atoms with van der Waals surface area (Å²) >= 11 is 0. The third kappa shape index (κ3) is 8.06. The number of alkyl halides is 3. The van der Waals surface area contributed by atoms with E-state index in [1.807, 2.05) is 6.92 Å². The van der Waals surface area contributed by atoms with Gasteiger partial charge >= 0.3 is 6.18 Å². The molecule has 0 aromatic carbocycles. The lowest BCUT2D eigenvalue weighted by molar-refractivity contribution is -0.143. The van der Waals surface area contributed by atoms with E-state index in [-0.39, 0.29) is 11.9 Å². The van der Waals surface area contributed by atoms with E-state index in [0.29, 0.717) is 45.1 Å². The van der Waals surface area contributed by atoms with E-state index in [4.69, 9.17) is 0 Å². The number of amides is 1. The Morgan fingerprint density at radius 2 is 2.09 bits per heavy atom. The molecular formula is C13H24F3N5O. The van der Waals surface area contributed by atoms with Crippen LogP contribution in [0, 0.1) is 0 Å². The van der Waals surface area contributed by atoms with Crippen molar-refractivity contribution in [2.75, 3.05) is 39.3 Å². The van der Waals surface area contributed by atoms with Gasteiger partial charge in [-0.25, -0.2) is 0 Å². The molecule has 1 heterocycles. The number of hydrogen-bond donors (Lipinski definition) is 3. The highest BCUT2D eigenvalue weighted by molar-refractivity contribution is 5.80. The van der Waals surface area contributed by atoms with Gasteiger partial charge in [0.2, 0.25) is 5.91 Å². The molecular weight excluding hydrogens is 299 g/mol. The van der Waals surface area contributed by atoms with Gasteiger partial charge in [-0.15, -0.1) is 0 Å². The number of carbonyl (C=O) groups excluding carboxylic acids is 1. The molecule has 1 aliphatic rings. The van der Waals surface area contributed by atoms with Crippen molar-refractivity contribution in [1.82, 2.24) is 20.9 Å². The Bertz CT molecular complexity index is 386. The Labute approximate surface area is 128 Å². The van der Waals surface area contributed by atoms with Gasteiger partial charge in [-0.3, -0.25) is 14.7 Å². The molecule has 0 aromatic rings. The number of nitrogens with one attached hydrogen (secondary N) is 3. The van der Waals surface area contributed by atoms with Crippen LogP contribution in [0.25, 0.3) is 0 Å². The Balaban J connectivity index is 2.40. The van der Waals surface area contributed by atoms with Crippen molar-refractivity contribution in [3.8, 4) is 0 Å². The standard InChI is InChI=1S/C13H24F3N5O/c1-3-17-12(19-6-5-18-10(2)22)20-11-4-7-21(8-11)9-13(14,15)16/h11H,3-9H2,1-2H3,(H,18,22)(H2,17,19,20). The van der Waals surface area contributed by atoms with E-state index in [1.54, 1.807) is 0 Å². The summed E-state index contributed by atoms with van der Waals surface area (Å²) < 4.78 is 37.1. The molecule has 1 amide bonds. The molecule has 1 atom stereocenters. The van der Waals surface area contributed by atoms with Gasteiger partial charge in [0.1, 0.15) is 0 Å². The van der Waals surface area contributed by atoms with Crippen LogP contribution in [-0.4, -0.2) is 68.3 Å². The first-order valence-electron chi connectivity index (χ1n) is 7.38. The maximum atomic E-state index is 12.4. The Kier molecular flexibility index (Phi) is 7.43. The molecule has 6 nitrogen and oxygen atoms in total. The normalized spacial score (nSPS) is 20.0. The second-order valence-corrected chi connectivity index (χ2v) is 5.22. The topological polar surface area (TPSA) is 68.8 Å². The summed E-state index contributed by atoms with van der Waals surface area (Å²) in [4.78, 5) is 16.4. The van der Waals surface area contributed by atoms with Crippen LogP contribution in [0.4, 0.5) is 13.2 Å². The first kappa shape index (κ1) is 18.5. The maximum absolute atomic E-state index is 12.4. The minimum Gasteiger partial charge on any atom is -0.357 e. The number of aliphatic imine (C=N–C) groups is 1. The first-order chi connectivity index (χ1) is 10.3. The second-order valence-electron chi connectivity index (χ2n) is 5.22. The fourth-order valence-corrected chi connectivity index (χ4v) is 2.26. The summed E-state index contributed by atoms with van der Waals surface area (Å²) in [5.74, 6) is 0.443. The number of guanidine groups is 1. The van der Waals surface area contributed by atoms with Crippen molar-refractivity contribution in [2.24, 2.45) is 4.99 Å². The molecule has 1 unspecified atom stereocenters. The lowest BCUT2D eigenvalue weighted by atomic mass is 10.3. The lowest BCUT2D eigenvalue weighted by Gasteiger charge is -2.19. The molecule has 0 saturated carbocycles. The summed E-state index contributed by atoms with van der Waals surface area (Å²) in [5, 5.41) is 8.82. The van der Waals surface area contributed by atoms with Crippen molar-refractivity contribution < 1.29 is 18.0 Å². The first-order valence-corrected chi connectivity index (χ1v) is 7.38. The molecule has 1 rings (SSSR count). The average Bonchev–Trinajstić information content (AvgIpc) is 2.79. The predicted octanol–water partition coefficient (Wildman–Crippen LogP) is 0.314. The van der Waals surface area contributed by atoms with E-state index >= 15 is 0 Å². The lowest BCUT2D eigenvalue weighted by Crippen LogP contribution is -2.45. The van der Waals surface area contributed by atoms with Crippen LogP contribution < -0.4 is 16.0 Å². The van der Waals surface area contributed by atoms with E-state index in [0.717, 1.165) is 0 Å². The van der Waals surface area contributed by atoms with Gasteiger partial charge < -0.3 is 16.0 Å². The minimum absolute atomic E-state index is 0.0547. The van der Waals surface area contributed by atoms with Crippen LogP contribution in [0.15, 0.2) is 4.99 Å². The van der Waals surface area contributed by atoms with Crippen molar-refractivity contribution in [1.29, 1.82) is 0 Å². The number of halogens is 3. The highest BCUT2D eigenvalue weighted by atomic mass is 19.4. The molecule has 9 heteroatoms. The third-order valence-corrected chi connectivity index (χ3v) is 3.12. The second kappa shape index (κ2) is 8.82. The minimum atomic E-state index is -4.16. The van der Waals surface area contributed by atoms with Gasteiger partial charge in [0, 0.05) is 39.1 Å². The summed E-state index contributed by atoms with van der Waals surface area (Å²) in [7, 11) is 0. The fraction of sp³-hybridized carbons (Fsp3) is 0.846. The van der Waals surface area contributed by atoms with Gasteiger partial charge in [0.15, 0.2) is 5.96 Å². The fourth-order valence-electron chi connectivity index (χ4n) is 2.26. The SMILES string of the molecule is CCNC(=NCCNC(C)=O)NC1CCN(CC(F)(F)F)C1. The molecule has 128 valence electrons. The molecule has 0 aliphatic carbocycles. The van der Waals surface area contributed by atoms with Crippen LogP contribution in [0.1, 0.15) is 20.3 Å². The molecule has 1 saturated heterocycles. The monoisotopic (exact) mass is 323 g/mol. The zero-order valence-corrected chi connectivity index (χ0v) is 13.0. The van der Waals surface area contributed by atoms with Crippen molar-refractivity contribution >= 4 is 11.9 Å². The van der Waals surface area contributed by atoms with Crippen LogP contribution >= 0.6 is 0 Å². The van der Waals surface area contributed by atoms with Crippen molar-refractivity contribution in [3.05, 3.63) is 0 Å². The van der Waals surface area contributed by atoms with E-state index in [1.165, 1.54) is 11.8 Å². The van der Waals surface area contributed by atoms with Gasteiger partial charge in [0.25, 0.3) is 0 Å². The maximum Gasteiger partial charge on any atom is 0.401 e. The smallest absolute Gasteiger partial charge is 0.357 e. The summed E-state index contributed by atoms with van der Waals surface area (Å²) in [6.45, 7) is 4.73. The van der Waals surface area contributed by atoms with Crippen LogP contribution in [0.3, 0.4) is 0 Å². The number of hydrogen-bond acceptors (Lipinski definition) is 3. The van der Waals surface area contributed by atoms with E-state index < -0.39 is 12.7 Å². The molecule has 0 spiro atoms. The highest BCUT2D eigenvalue weighted by Crippen LogP contribution is 2.19. The molecule has 3 N–H and O–H groups in total. The van der Waals surface area contributed by atoms with E-state index in [2.05, 4.69) is 20.9 Å². The third-order valence-electron chi connectivity index (χ3n) is 3.12. The molecule has 0 bridgehead atoms. The van der Waals surface area contributed by atoms with Crippen LogP contribution in [-0.2, 0) is 4.79 Å². The van der Waals surface area contributed by atoms with Crippen molar-refractivity contribution in [3.63, 3.8) is 0 Å². The Morgan fingerprint density at radius 3 is 2.68 bits per heavy atom. The average molecular weight is 323 g/mol. The van der Waals surface area contributed by atoms with Gasteiger partial charge in [-0.05, 0) is 13.3 Å². The Morgan fingerprint density at radius 1 is 1.36 bits per heavy atom. The summed E-state index contributed by atoms with van der Waals surface area (Å²) in [5.41, 5.74) is 0. The summed E-state index contributed by atoms with van der Waals surface area (Å²) in [6.07, 6.45) is -3.52. The number of nitrogens with zero attached hydrogens (tertiary/aromatic N) is 2. The van der Waals surface area contributed by atoms with Gasteiger partial charge in [-0.2, -0.15) is 13.2 Å². The number of rotatable bonds is 6. The predicted molar refractivity (Wildman–Crippen MR) is 78.7 cm³/mol. The molecule has 22 heavy (non-hydrogen) atoms. The quantitative estimate of drug-likeness (QED) is 0.374. The van der Waals surface area contributed by atoms with Gasteiger partial charge in [0.05, 0.1) is 13.1 Å².